The van der Waals surface area contributed by atoms with Crippen LogP contribution in [-0.2, 0) is 6.54 Å². The van der Waals surface area contributed by atoms with E-state index in [0.29, 0.717) is 23.6 Å². The van der Waals surface area contributed by atoms with Crippen LogP contribution in [0.25, 0.3) is 5.69 Å². The lowest BCUT2D eigenvalue weighted by molar-refractivity contribution is 0.194. The Balaban J connectivity index is 1.51. The summed E-state index contributed by atoms with van der Waals surface area (Å²) in [4.78, 5) is 17.5. The van der Waals surface area contributed by atoms with Crippen molar-refractivity contribution in [1.82, 2.24) is 19.7 Å². The number of aromatic amines is 1. The highest BCUT2D eigenvalue weighted by Gasteiger charge is 2.25. The van der Waals surface area contributed by atoms with E-state index in [1.807, 2.05) is 12.1 Å². The van der Waals surface area contributed by atoms with Crippen molar-refractivity contribution in [2.45, 2.75) is 25.3 Å². The van der Waals surface area contributed by atoms with Crippen molar-refractivity contribution in [3.8, 4) is 11.4 Å². The Morgan fingerprint density at radius 2 is 2.00 bits per heavy atom. The summed E-state index contributed by atoms with van der Waals surface area (Å²) >= 11 is 0. The van der Waals surface area contributed by atoms with E-state index < -0.39 is 0 Å². The number of rotatable bonds is 5. The fourth-order valence-electron chi connectivity index (χ4n) is 3.71. The SMILES string of the molecule is COc1ccc(-n2nc([C@H]3CCCN(Cc4ccccc4F)C3)[nH]c2=O)cc1. The number of likely N-dealkylation sites (tertiary alicyclic amines) is 1. The smallest absolute Gasteiger partial charge is 0.348 e. The lowest BCUT2D eigenvalue weighted by Crippen LogP contribution is -2.34. The van der Waals surface area contributed by atoms with Gasteiger partial charge in [-0.3, -0.25) is 9.88 Å². The molecule has 0 unspecified atom stereocenters. The molecule has 0 radical (unpaired) electrons. The van der Waals surface area contributed by atoms with Crippen LogP contribution >= 0.6 is 0 Å². The number of H-pyrrole nitrogens is 1. The highest BCUT2D eigenvalue weighted by molar-refractivity contribution is 5.36. The topological polar surface area (TPSA) is 63.1 Å². The van der Waals surface area contributed by atoms with Gasteiger partial charge in [0.05, 0.1) is 12.8 Å². The third-order valence-electron chi connectivity index (χ3n) is 5.20. The monoisotopic (exact) mass is 382 g/mol. The van der Waals surface area contributed by atoms with Gasteiger partial charge in [-0.25, -0.2) is 9.18 Å². The molecule has 1 aliphatic heterocycles. The first-order chi connectivity index (χ1) is 13.6. The number of halogens is 1. The van der Waals surface area contributed by atoms with E-state index in [4.69, 9.17) is 4.74 Å². The molecule has 0 saturated carbocycles. The maximum absolute atomic E-state index is 14.0. The van der Waals surface area contributed by atoms with Crippen LogP contribution in [-0.4, -0.2) is 39.9 Å². The standard InChI is InChI=1S/C21H23FN4O2/c1-28-18-10-8-17(9-11-18)26-21(27)23-20(24-26)16-6-4-12-25(14-16)13-15-5-2-3-7-19(15)22/h2-3,5,7-11,16H,4,6,12-14H2,1H3,(H,23,24,27)/t16-/m0/s1. The molecule has 0 bridgehead atoms. The van der Waals surface area contributed by atoms with Crippen molar-refractivity contribution in [3.05, 3.63) is 76.2 Å². The second-order valence-electron chi connectivity index (χ2n) is 7.09. The number of aromatic nitrogens is 3. The predicted octanol–water partition coefficient (Wildman–Crippen LogP) is 3.09. The minimum absolute atomic E-state index is 0.118. The Morgan fingerprint density at radius 3 is 2.75 bits per heavy atom. The van der Waals surface area contributed by atoms with Gasteiger partial charge in [-0.2, -0.15) is 4.68 Å². The predicted molar refractivity (Wildman–Crippen MR) is 104 cm³/mol. The lowest BCUT2D eigenvalue weighted by atomic mass is 9.97. The zero-order valence-electron chi connectivity index (χ0n) is 15.8. The molecule has 2 heterocycles. The molecule has 2 aromatic carbocycles. The van der Waals surface area contributed by atoms with Gasteiger partial charge in [0.25, 0.3) is 0 Å². The number of methoxy groups -OCH3 is 1. The molecule has 0 spiro atoms. The van der Waals surface area contributed by atoms with Crippen LogP contribution in [0.1, 0.15) is 30.1 Å². The van der Waals surface area contributed by atoms with Crippen molar-refractivity contribution in [1.29, 1.82) is 0 Å². The minimum Gasteiger partial charge on any atom is -0.497 e. The summed E-state index contributed by atoms with van der Waals surface area (Å²) in [6.45, 7) is 2.21. The van der Waals surface area contributed by atoms with E-state index in [1.54, 1.807) is 37.4 Å². The molecule has 0 aliphatic carbocycles. The number of nitrogens with zero attached hydrogens (tertiary/aromatic N) is 3. The fourth-order valence-corrected chi connectivity index (χ4v) is 3.71. The third-order valence-corrected chi connectivity index (χ3v) is 5.20. The van der Waals surface area contributed by atoms with E-state index in [2.05, 4.69) is 15.0 Å². The molecular formula is C21H23FN4O2. The van der Waals surface area contributed by atoms with E-state index in [1.165, 1.54) is 10.7 Å². The maximum Gasteiger partial charge on any atom is 0.348 e. The first kappa shape index (κ1) is 18.4. The summed E-state index contributed by atoms with van der Waals surface area (Å²) in [5.41, 5.74) is 1.12. The van der Waals surface area contributed by atoms with E-state index in [-0.39, 0.29) is 17.4 Å². The Labute approximate surface area is 162 Å². The molecular weight excluding hydrogens is 359 g/mol. The molecule has 1 aliphatic rings. The summed E-state index contributed by atoms with van der Waals surface area (Å²) in [6.07, 6.45) is 1.93. The zero-order valence-corrected chi connectivity index (χ0v) is 15.8. The van der Waals surface area contributed by atoms with Crippen LogP contribution in [0.4, 0.5) is 4.39 Å². The first-order valence-electron chi connectivity index (χ1n) is 9.43. The second kappa shape index (κ2) is 7.98. The number of piperidine rings is 1. The number of ether oxygens (including phenoxy) is 1. The Bertz CT molecular complexity index is 996. The summed E-state index contributed by atoms with van der Waals surface area (Å²) < 4.78 is 20.5. The summed E-state index contributed by atoms with van der Waals surface area (Å²) in [7, 11) is 1.60. The highest BCUT2D eigenvalue weighted by Crippen LogP contribution is 2.26. The Hall–Kier alpha value is -2.93. The normalized spacial score (nSPS) is 17.6. The molecule has 28 heavy (non-hydrogen) atoms. The van der Waals surface area contributed by atoms with E-state index in [0.717, 1.165) is 31.7 Å². The Kier molecular flexibility index (Phi) is 5.25. The van der Waals surface area contributed by atoms with Crippen molar-refractivity contribution < 1.29 is 9.13 Å². The maximum atomic E-state index is 14.0. The van der Waals surface area contributed by atoms with Crippen LogP contribution in [0.2, 0.25) is 0 Å². The van der Waals surface area contributed by atoms with Crippen LogP contribution in [0.3, 0.4) is 0 Å². The molecule has 1 N–H and O–H groups in total. The summed E-state index contributed by atoms with van der Waals surface area (Å²) in [5.74, 6) is 1.34. The van der Waals surface area contributed by atoms with Crippen molar-refractivity contribution in [3.63, 3.8) is 0 Å². The molecule has 1 saturated heterocycles. The van der Waals surface area contributed by atoms with Crippen molar-refractivity contribution in [2.24, 2.45) is 0 Å². The quantitative estimate of drug-likeness (QED) is 0.737. The first-order valence-corrected chi connectivity index (χ1v) is 9.43. The van der Waals surface area contributed by atoms with Crippen molar-refractivity contribution >= 4 is 0 Å². The number of nitrogens with one attached hydrogen (secondary N) is 1. The average molecular weight is 382 g/mol. The van der Waals surface area contributed by atoms with Gasteiger partial charge in [0.2, 0.25) is 0 Å². The zero-order chi connectivity index (χ0) is 19.5. The molecule has 1 fully saturated rings. The van der Waals surface area contributed by atoms with Crippen LogP contribution in [0, 0.1) is 5.82 Å². The number of benzene rings is 2. The van der Waals surface area contributed by atoms with Crippen LogP contribution in [0.15, 0.2) is 53.3 Å². The van der Waals surface area contributed by atoms with E-state index >= 15 is 0 Å². The largest absolute Gasteiger partial charge is 0.497 e. The number of hydrogen-bond acceptors (Lipinski definition) is 4. The lowest BCUT2D eigenvalue weighted by Gasteiger charge is -2.31. The van der Waals surface area contributed by atoms with Gasteiger partial charge >= 0.3 is 5.69 Å². The highest BCUT2D eigenvalue weighted by atomic mass is 19.1. The summed E-state index contributed by atoms with van der Waals surface area (Å²) in [6, 6.07) is 14.1. The molecule has 1 atom stereocenters. The number of hydrogen-bond donors (Lipinski definition) is 1. The van der Waals surface area contributed by atoms with E-state index in [9.17, 15) is 9.18 Å². The van der Waals surface area contributed by atoms with Gasteiger partial charge in [0, 0.05) is 24.6 Å². The van der Waals surface area contributed by atoms with Gasteiger partial charge in [0.1, 0.15) is 17.4 Å². The minimum atomic E-state index is -0.258. The van der Waals surface area contributed by atoms with Crippen LogP contribution < -0.4 is 10.4 Å². The van der Waals surface area contributed by atoms with Crippen molar-refractivity contribution in [2.75, 3.05) is 20.2 Å². The molecule has 0 amide bonds. The molecule has 146 valence electrons. The third kappa shape index (κ3) is 3.84. The molecule has 7 heteroatoms. The summed E-state index contributed by atoms with van der Waals surface area (Å²) in [5, 5.41) is 4.53. The molecule has 4 rings (SSSR count). The van der Waals surface area contributed by atoms with Gasteiger partial charge in [-0.15, -0.1) is 5.10 Å². The Morgan fingerprint density at radius 1 is 1.21 bits per heavy atom. The van der Waals surface area contributed by atoms with Gasteiger partial charge in [0.15, 0.2) is 0 Å². The van der Waals surface area contributed by atoms with Gasteiger partial charge < -0.3 is 4.74 Å². The molecule has 6 nitrogen and oxygen atoms in total. The molecule has 3 aromatic rings. The molecule has 1 aromatic heterocycles. The second-order valence-corrected chi connectivity index (χ2v) is 7.09. The van der Waals surface area contributed by atoms with Gasteiger partial charge in [-0.1, -0.05) is 18.2 Å². The average Bonchev–Trinajstić information content (AvgIpc) is 3.12. The fraction of sp³-hybridized carbons (Fsp3) is 0.333. The van der Waals surface area contributed by atoms with Crippen LogP contribution in [0.5, 0.6) is 5.75 Å². The van der Waals surface area contributed by atoms with Gasteiger partial charge in [-0.05, 0) is 49.7 Å².